The van der Waals surface area contributed by atoms with Crippen LogP contribution in [-0.4, -0.2) is 19.7 Å². The number of hydrogen-bond acceptors (Lipinski definition) is 2. The number of rotatable bonds is 6. The second-order valence-corrected chi connectivity index (χ2v) is 5.97. The van der Waals surface area contributed by atoms with Gasteiger partial charge in [0, 0.05) is 6.04 Å². The van der Waals surface area contributed by atoms with E-state index in [4.69, 9.17) is 4.74 Å². The minimum absolute atomic E-state index is 0.155. The van der Waals surface area contributed by atoms with Crippen LogP contribution in [0.5, 0.6) is 5.75 Å². The summed E-state index contributed by atoms with van der Waals surface area (Å²) in [5.41, 5.74) is 2.58. The lowest BCUT2D eigenvalue weighted by Gasteiger charge is -2.36. The van der Waals surface area contributed by atoms with Gasteiger partial charge in [0.05, 0.1) is 7.11 Å². The lowest BCUT2D eigenvalue weighted by atomic mass is 9.76. The Bertz CT molecular complexity index is 588. The Hall–Kier alpha value is -1.87. The van der Waals surface area contributed by atoms with E-state index in [9.17, 15) is 4.39 Å². The number of methoxy groups -OCH3 is 1. The maximum Gasteiger partial charge on any atom is 0.123 e. The molecule has 1 aliphatic carbocycles. The molecule has 3 rings (SSSR count). The Labute approximate surface area is 131 Å². The third-order valence-corrected chi connectivity index (χ3v) is 4.49. The van der Waals surface area contributed by atoms with Crippen molar-refractivity contribution in [2.75, 3.05) is 13.7 Å². The Morgan fingerprint density at radius 3 is 2.36 bits per heavy atom. The summed E-state index contributed by atoms with van der Waals surface area (Å²) in [6, 6.07) is 15.8. The molecule has 3 heteroatoms. The third-order valence-electron chi connectivity index (χ3n) is 4.49. The minimum Gasteiger partial charge on any atom is -0.497 e. The molecular formula is C19H22FNO. The highest BCUT2D eigenvalue weighted by Crippen LogP contribution is 2.36. The van der Waals surface area contributed by atoms with Crippen LogP contribution in [0.15, 0.2) is 48.5 Å². The maximum atomic E-state index is 12.9. The minimum atomic E-state index is -0.155. The van der Waals surface area contributed by atoms with Crippen molar-refractivity contribution in [1.82, 2.24) is 5.32 Å². The van der Waals surface area contributed by atoms with Gasteiger partial charge in [-0.05, 0) is 67.1 Å². The van der Waals surface area contributed by atoms with Crippen molar-refractivity contribution in [2.24, 2.45) is 0 Å². The standard InChI is InChI=1S/C19H22FNO/c1-22-19-8-2-14(3-9-19)10-11-21-18-12-16(13-18)15-4-6-17(20)7-5-15/h2-9,16,18,21H,10-13H2,1H3. The molecule has 0 aliphatic heterocycles. The van der Waals surface area contributed by atoms with Gasteiger partial charge in [0.15, 0.2) is 0 Å². The van der Waals surface area contributed by atoms with E-state index in [-0.39, 0.29) is 5.82 Å². The molecular weight excluding hydrogens is 277 g/mol. The highest BCUT2D eigenvalue weighted by atomic mass is 19.1. The second kappa shape index (κ2) is 6.93. The molecule has 0 spiro atoms. The fourth-order valence-corrected chi connectivity index (χ4v) is 3.00. The summed E-state index contributed by atoms with van der Waals surface area (Å²) in [6.07, 6.45) is 3.32. The molecule has 2 aromatic rings. The average Bonchev–Trinajstić information content (AvgIpc) is 2.51. The van der Waals surface area contributed by atoms with Crippen LogP contribution in [0.1, 0.15) is 29.9 Å². The number of halogens is 1. The zero-order chi connectivity index (χ0) is 15.4. The lowest BCUT2D eigenvalue weighted by Crippen LogP contribution is -2.40. The fraction of sp³-hybridized carbons (Fsp3) is 0.368. The first-order chi connectivity index (χ1) is 10.7. The van der Waals surface area contributed by atoms with E-state index in [0.717, 1.165) is 31.6 Å². The summed E-state index contributed by atoms with van der Waals surface area (Å²) in [6.45, 7) is 0.993. The van der Waals surface area contributed by atoms with E-state index in [0.29, 0.717) is 12.0 Å². The van der Waals surface area contributed by atoms with Gasteiger partial charge in [0.2, 0.25) is 0 Å². The molecule has 0 amide bonds. The summed E-state index contributed by atoms with van der Waals surface area (Å²) in [5, 5.41) is 3.60. The highest BCUT2D eigenvalue weighted by molar-refractivity contribution is 5.27. The zero-order valence-corrected chi connectivity index (χ0v) is 12.9. The van der Waals surface area contributed by atoms with Gasteiger partial charge < -0.3 is 10.1 Å². The number of ether oxygens (including phenoxy) is 1. The van der Waals surface area contributed by atoms with Crippen molar-refractivity contribution < 1.29 is 9.13 Å². The van der Waals surface area contributed by atoms with E-state index in [2.05, 4.69) is 17.4 Å². The topological polar surface area (TPSA) is 21.3 Å². The summed E-state index contributed by atoms with van der Waals surface area (Å²) >= 11 is 0. The lowest BCUT2D eigenvalue weighted by molar-refractivity contribution is 0.292. The van der Waals surface area contributed by atoms with Gasteiger partial charge in [0.1, 0.15) is 11.6 Å². The Morgan fingerprint density at radius 1 is 1.05 bits per heavy atom. The van der Waals surface area contributed by atoms with Crippen LogP contribution in [0, 0.1) is 5.82 Å². The Kier molecular flexibility index (Phi) is 4.74. The molecule has 0 bridgehead atoms. The first-order valence-corrected chi connectivity index (χ1v) is 7.86. The monoisotopic (exact) mass is 299 g/mol. The summed E-state index contributed by atoms with van der Waals surface area (Å²) < 4.78 is 18.1. The molecule has 1 saturated carbocycles. The van der Waals surface area contributed by atoms with Gasteiger partial charge in [-0.15, -0.1) is 0 Å². The van der Waals surface area contributed by atoms with E-state index >= 15 is 0 Å². The van der Waals surface area contributed by atoms with E-state index in [1.165, 1.54) is 11.1 Å². The predicted octanol–water partition coefficient (Wildman–Crippen LogP) is 3.91. The normalized spacial score (nSPS) is 20.5. The van der Waals surface area contributed by atoms with E-state index < -0.39 is 0 Å². The molecule has 2 nitrogen and oxygen atoms in total. The molecule has 22 heavy (non-hydrogen) atoms. The smallest absolute Gasteiger partial charge is 0.123 e. The first kappa shape index (κ1) is 15.0. The van der Waals surface area contributed by atoms with Crippen LogP contribution >= 0.6 is 0 Å². The van der Waals surface area contributed by atoms with Crippen molar-refractivity contribution in [3.8, 4) is 5.75 Å². The fourth-order valence-electron chi connectivity index (χ4n) is 3.00. The second-order valence-electron chi connectivity index (χ2n) is 5.97. The van der Waals surface area contributed by atoms with Gasteiger partial charge in [0.25, 0.3) is 0 Å². The van der Waals surface area contributed by atoms with Crippen LogP contribution in [-0.2, 0) is 6.42 Å². The van der Waals surface area contributed by atoms with Crippen molar-refractivity contribution >= 4 is 0 Å². The molecule has 0 aromatic heterocycles. The Morgan fingerprint density at radius 2 is 1.73 bits per heavy atom. The van der Waals surface area contributed by atoms with Gasteiger partial charge in [-0.1, -0.05) is 24.3 Å². The summed E-state index contributed by atoms with van der Waals surface area (Å²) in [7, 11) is 1.69. The number of benzene rings is 2. The van der Waals surface area contributed by atoms with Crippen LogP contribution in [0.4, 0.5) is 4.39 Å². The van der Waals surface area contributed by atoms with Crippen LogP contribution < -0.4 is 10.1 Å². The molecule has 0 saturated heterocycles. The average molecular weight is 299 g/mol. The third kappa shape index (κ3) is 3.66. The summed E-state index contributed by atoms with van der Waals surface area (Å²) in [4.78, 5) is 0. The molecule has 1 fully saturated rings. The molecule has 0 atom stereocenters. The van der Waals surface area contributed by atoms with Crippen molar-refractivity contribution in [1.29, 1.82) is 0 Å². The maximum absolute atomic E-state index is 12.9. The largest absolute Gasteiger partial charge is 0.497 e. The number of nitrogens with one attached hydrogen (secondary N) is 1. The van der Waals surface area contributed by atoms with E-state index in [1.54, 1.807) is 19.2 Å². The van der Waals surface area contributed by atoms with Crippen molar-refractivity contribution in [3.63, 3.8) is 0 Å². The van der Waals surface area contributed by atoms with Crippen LogP contribution in [0.2, 0.25) is 0 Å². The van der Waals surface area contributed by atoms with Crippen molar-refractivity contribution in [3.05, 3.63) is 65.5 Å². The highest BCUT2D eigenvalue weighted by Gasteiger charge is 2.29. The SMILES string of the molecule is COc1ccc(CCNC2CC(c3ccc(F)cc3)C2)cc1. The van der Waals surface area contributed by atoms with Gasteiger partial charge in [-0.2, -0.15) is 0 Å². The molecule has 0 radical (unpaired) electrons. The molecule has 2 aromatic carbocycles. The van der Waals surface area contributed by atoms with Crippen molar-refractivity contribution in [2.45, 2.75) is 31.2 Å². The molecule has 116 valence electrons. The number of hydrogen-bond donors (Lipinski definition) is 1. The van der Waals surface area contributed by atoms with Crippen LogP contribution in [0.3, 0.4) is 0 Å². The van der Waals surface area contributed by atoms with Gasteiger partial charge in [-0.3, -0.25) is 0 Å². The molecule has 0 heterocycles. The quantitative estimate of drug-likeness (QED) is 0.873. The van der Waals surface area contributed by atoms with Crippen LogP contribution in [0.25, 0.3) is 0 Å². The molecule has 1 aliphatic rings. The summed E-state index contributed by atoms with van der Waals surface area (Å²) in [5.74, 6) is 1.33. The first-order valence-electron chi connectivity index (χ1n) is 7.86. The molecule has 0 unspecified atom stereocenters. The Balaban J connectivity index is 1.38. The van der Waals surface area contributed by atoms with Gasteiger partial charge in [-0.25, -0.2) is 4.39 Å². The van der Waals surface area contributed by atoms with E-state index in [1.807, 2.05) is 24.3 Å². The molecule has 1 N–H and O–H groups in total. The predicted molar refractivity (Wildman–Crippen MR) is 86.9 cm³/mol. The van der Waals surface area contributed by atoms with Gasteiger partial charge >= 0.3 is 0 Å². The zero-order valence-electron chi connectivity index (χ0n) is 12.9.